The average molecular weight is 207 g/mol. The second kappa shape index (κ2) is 6.38. The lowest BCUT2D eigenvalue weighted by molar-refractivity contribution is 0.564. The van der Waals surface area contributed by atoms with Crippen molar-refractivity contribution in [2.75, 3.05) is 12.3 Å². The molecule has 0 rings (SSSR count). The molecule has 0 aliphatic rings. The van der Waals surface area contributed by atoms with Gasteiger partial charge in [0.2, 0.25) is 0 Å². The molecule has 0 heterocycles. The molecule has 0 saturated carbocycles. The molecule has 0 spiro atoms. The lowest BCUT2D eigenvalue weighted by Gasteiger charge is -2.14. The maximum atomic E-state index is 11.7. The fourth-order valence-corrected chi connectivity index (χ4v) is 3.36. The highest BCUT2D eigenvalue weighted by molar-refractivity contribution is 7.92. The van der Waals surface area contributed by atoms with Crippen molar-refractivity contribution in [3.63, 3.8) is 0 Å². The van der Waals surface area contributed by atoms with E-state index in [0.29, 0.717) is 25.1 Å². The van der Waals surface area contributed by atoms with Crippen molar-refractivity contribution in [3.05, 3.63) is 0 Å². The standard InChI is InChI=1S/C9H21NO2S/c1-3-5-8-13(11,12)9(4-2)6-7-10/h9H,3-8,10H2,1-2H3. The van der Waals surface area contributed by atoms with Crippen molar-refractivity contribution in [2.24, 2.45) is 5.73 Å². The molecular formula is C9H21NO2S. The maximum Gasteiger partial charge on any atom is 0.153 e. The number of unbranched alkanes of at least 4 members (excludes halogenated alkanes) is 1. The molecule has 1 atom stereocenters. The van der Waals surface area contributed by atoms with Crippen LogP contribution in [0.4, 0.5) is 0 Å². The van der Waals surface area contributed by atoms with Crippen LogP contribution in [0.1, 0.15) is 39.5 Å². The molecule has 0 aliphatic heterocycles. The Bertz CT molecular complexity index is 212. The van der Waals surface area contributed by atoms with E-state index in [1.807, 2.05) is 13.8 Å². The van der Waals surface area contributed by atoms with Gasteiger partial charge in [-0.25, -0.2) is 8.42 Å². The van der Waals surface area contributed by atoms with Gasteiger partial charge < -0.3 is 5.73 Å². The van der Waals surface area contributed by atoms with Crippen molar-refractivity contribution in [1.82, 2.24) is 0 Å². The maximum absolute atomic E-state index is 11.7. The van der Waals surface area contributed by atoms with E-state index < -0.39 is 9.84 Å². The minimum absolute atomic E-state index is 0.218. The molecule has 13 heavy (non-hydrogen) atoms. The number of sulfone groups is 1. The van der Waals surface area contributed by atoms with Crippen LogP contribution in [0.2, 0.25) is 0 Å². The van der Waals surface area contributed by atoms with Crippen LogP contribution in [-0.2, 0) is 9.84 Å². The van der Waals surface area contributed by atoms with Gasteiger partial charge in [-0.15, -0.1) is 0 Å². The van der Waals surface area contributed by atoms with Crippen molar-refractivity contribution < 1.29 is 8.42 Å². The Morgan fingerprint density at radius 1 is 1.31 bits per heavy atom. The molecule has 0 radical (unpaired) electrons. The van der Waals surface area contributed by atoms with Crippen molar-refractivity contribution in [1.29, 1.82) is 0 Å². The summed E-state index contributed by atoms with van der Waals surface area (Å²) in [5.41, 5.74) is 5.37. The Balaban J connectivity index is 4.21. The van der Waals surface area contributed by atoms with Gasteiger partial charge in [0, 0.05) is 0 Å². The van der Waals surface area contributed by atoms with Gasteiger partial charge in [0.05, 0.1) is 11.0 Å². The Kier molecular flexibility index (Phi) is 6.33. The quantitative estimate of drug-likeness (QED) is 0.685. The fourth-order valence-electron chi connectivity index (χ4n) is 1.34. The normalized spacial score (nSPS) is 14.4. The number of rotatable bonds is 7. The lowest BCUT2D eigenvalue weighted by atomic mass is 10.2. The molecule has 1 unspecified atom stereocenters. The monoisotopic (exact) mass is 207 g/mol. The van der Waals surface area contributed by atoms with Crippen LogP contribution in [0.25, 0.3) is 0 Å². The third kappa shape index (κ3) is 4.62. The zero-order valence-corrected chi connectivity index (χ0v) is 9.44. The third-order valence-electron chi connectivity index (χ3n) is 2.23. The number of hydrogen-bond donors (Lipinski definition) is 1. The van der Waals surface area contributed by atoms with Crippen molar-refractivity contribution in [3.8, 4) is 0 Å². The van der Waals surface area contributed by atoms with Crippen LogP contribution in [0, 0.1) is 0 Å². The molecule has 4 heteroatoms. The number of nitrogens with two attached hydrogens (primary N) is 1. The molecule has 0 aromatic rings. The number of hydrogen-bond acceptors (Lipinski definition) is 3. The van der Waals surface area contributed by atoms with E-state index in [1.165, 1.54) is 0 Å². The molecule has 80 valence electrons. The van der Waals surface area contributed by atoms with Crippen LogP contribution in [0.5, 0.6) is 0 Å². The van der Waals surface area contributed by atoms with Crippen LogP contribution >= 0.6 is 0 Å². The van der Waals surface area contributed by atoms with E-state index in [9.17, 15) is 8.42 Å². The summed E-state index contributed by atoms with van der Waals surface area (Å²) in [6.45, 7) is 4.37. The molecule has 0 fully saturated rings. The Morgan fingerprint density at radius 2 is 1.92 bits per heavy atom. The predicted octanol–water partition coefficient (Wildman–Crippen LogP) is 1.33. The highest BCUT2D eigenvalue weighted by atomic mass is 32.2. The second-order valence-corrected chi connectivity index (χ2v) is 5.73. The highest BCUT2D eigenvalue weighted by Crippen LogP contribution is 2.12. The van der Waals surface area contributed by atoms with Crippen LogP contribution < -0.4 is 5.73 Å². The summed E-state index contributed by atoms with van der Waals surface area (Å²) in [4.78, 5) is 0. The van der Waals surface area contributed by atoms with Gasteiger partial charge in [-0.3, -0.25) is 0 Å². The van der Waals surface area contributed by atoms with E-state index >= 15 is 0 Å². The summed E-state index contributed by atoms with van der Waals surface area (Å²) in [7, 11) is -2.88. The molecule has 0 bridgehead atoms. The van der Waals surface area contributed by atoms with E-state index in [4.69, 9.17) is 5.73 Å². The first-order chi connectivity index (χ1) is 6.08. The summed E-state index contributed by atoms with van der Waals surface area (Å²) in [5, 5.41) is -0.218. The van der Waals surface area contributed by atoms with Crippen LogP contribution in [0.15, 0.2) is 0 Å². The largest absolute Gasteiger partial charge is 0.330 e. The first kappa shape index (κ1) is 12.9. The second-order valence-electron chi connectivity index (χ2n) is 3.33. The lowest BCUT2D eigenvalue weighted by Crippen LogP contribution is -2.26. The van der Waals surface area contributed by atoms with Gasteiger partial charge in [0.1, 0.15) is 0 Å². The molecule has 2 N–H and O–H groups in total. The van der Waals surface area contributed by atoms with Gasteiger partial charge in [-0.2, -0.15) is 0 Å². The summed E-state index contributed by atoms with van der Waals surface area (Å²) < 4.78 is 23.3. The molecule has 0 aromatic carbocycles. The van der Waals surface area contributed by atoms with Gasteiger partial charge >= 0.3 is 0 Å². The highest BCUT2D eigenvalue weighted by Gasteiger charge is 2.21. The zero-order chi connectivity index (χ0) is 10.3. The molecule has 3 nitrogen and oxygen atoms in total. The van der Waals surface area contributed by atoms with E-state index in [2.05, 4.69) is 0 Å². The SMILES string of the molecule is CCCCS(=O)(=O)C(CC)CCN. The van der Waals surface area contributed by atoms with Crippen LogP contribution in [-0.4, -0.2) is 26.0 Å². The fraction of sp³-hybridized carbons (Fsp3) is 1.00. The Morgan fingerprint density at radius 3 is 2.31 bits per heavy atom. The van der Waals surface area contributed by atoms with Gasteiger partial charge in [-0.05, 0) is 25.8 Å². The van der Waals surface area contributed by atoms with Crippen molar-refractivity contribution in [2.45, 2.75) is 44.8 Å². The van der Waals surface area contributed by atoms with Crippen molar-refractivity contribution >= 4 is 9.84 Å². The van der Waals surface area contributed by atoms with Gasteiger partial charge in [0.25, 0.3) is 0 Å². The summed E-state index contributed by atoms with van der Waals surface area (Å²) in [5.74, 6) is 0.321. The smallest absolute Gasteiger partial charge is 0.153 e. The summed E-state index contributed by atoms with van der Waals surface area (Å²) in [6.07, 6.45) is 2.98. The molecule has 0 amide bonds. The third-order valence-corrected chi connectivity index (χ3v) is 4.68. The van der Waals surface area contributed by atoms with E-state index in [0.717, 1.165) is 12.8 Å². The van der Waals surface area contributed by atoms with Crippen LogP contribution in [0.3, 0.4) is 0 Å². The average Bonchev–Trinajstić information content (AvgIpc) is 2.10. The van der Waals surface area contributed by atoms with Gasteiger partial charge in [-0.1, -0.05) is 20.3 Å². The molecule has 0 aromatic heterocycles. The molecular weight excluding hydrogens is 186 g/mol. The first-order valence-electron chi connectivity index (χ1n) is 5.00. The van der Waals surface area contributed by atoms with Gasteiger partial charge in [0.15, 0.2) is 9.84 Å². The van der Waals surface area contributed by atoms with E-state index in [-0.39, 0.29) is 5.25 Å². The zero-order valence-electron chi connectivity index (χ0n) is 8.62. The summed E-state index contributed by atoms with van der Waals surface area (Å²) in [6, 6.07) is 0. The summed E-state index contributed by atoms with van der Waals surface area (Å²) >= 11 is 0. The first-order valence-corrected chi connectivity index (χ1v) is 6.71. The molecule has 0 saturated heterocycles. The molecule has 0 aliphatic carbocycles. The van der Waals surface area contributed by atoms with E-state index in [1.54, 1.807) is 0 Å². The topological polar surface area (TPSA) is 60.2 Å². The predicted molar refractivity (Wildman–Crippen MR) is 56.4 cm³/mol. The Hall–Kier alpha value is -0.0900. The minimum atomic E-state index is -2.88. The Labute approximate surface area is 81.6 Å². The minimum Gasteiger partial charge on any atom is -0.330 e.